The molecular weight excluding hydrogens is 388 g/mol. The van der Waals surface area contributed by atoms with Crippen molar-refractivity contribution in [3.63, 3.8) is 0 Å². The first kappa shape index (κ1) is 24.8. The van der Waals surface area contributed by atoms with Crippen LogP contribution in [0.4, 0.5) is 0 Å². The number of hydrogen-bond acceptors (Lipinski definition) is 4. The van der Waals surface area contributed by atoms with Crippen LogP contribution in [0.1, 0.15) is 50.9 Å². The van der Waals surface area contributed by atoms with Gasteiger partial charge in [0.25, 0.3) is 0 Å². The van der Waals surface area contributed by atoms with Gasteiger partial charge in [0.1, 0.15) is 0 Å². The summed E-state index contributed by atoms with van der Waals surface area (Å²) in [5, 5.41) is 3.05. The van der Waals surface area contributed by atoms with E-state index in [0.717, 1.165) is 11.1 Å². The van der Waals surface area contributed by atoms with Crippen LogP contribution >= 0.6 is 12.4 Å². The number of hydrogen-bond donors (Lipinski definition) is 2. The SMILES string of the molecule is COc1cc(C(C)NC(=O)C(C)C(N)c2ccccc2)ccc1OCC(C)C.Cl. The molecule has 0 saturated carbocycles. The summed E-state index contributed by atoms with van der Waals surface area (Å²) in [6, 6.07) is 14.9. The van der Waals surface area contributed by atoms with Crippen LogP contribution in [-0.4, -0.2) is 19.6 Å². The Morgan fingerprint density at radius 1 is 1.00 bits per heavy atom. The minimum atomic E-state index is -0.352. The molecule has 0 spiro atoms. The predicted molar refractivity (Wildman–Crippen MR) is 120 cm³/mol. The molecule has 0 aliphatic heterocycles. The third-order valence-electron chi connectivity index (χ3n) is 4.76. The highest BCUT2D eigenvalue weighted by atomic mass is 35.5. The molecule has 29 heavy (non-hydrogen) atoms. The number of halogens is 1. The molecule has 160 valence electrons. The van der Waals surface area contributed by atoms with Crippen LogP contribution in [0.2, 0.25) is 0 Å². The molecular formula is C23H33ClN2O3. The molecule has 1 amide bonds. The highest BCUT2D eigenvalue weighted by molar-refractivity contribution is 5.85. The summed E-state index contributed by atoms with van der Waals surface area (Å²) in [4.78, 5) is 12.7. The Kier molecular flexibility index (Phi) is 9.99. The first-order valence-corrected chi connectivity index (χ1v) is 9.75. The number of nitrogens with two attached hydrogens (primary N) is 1. The Hall–Kier alpha value is -2.24. The lowest BCUT2D eigenvalue weighted by molar-refractivity contribution is -0.125. The molecule has 0 aliphatic carbocycles. The molecule has 2 aromatic carbocycles. The van der Waals surface area contributed by atoms with E-state index in [-0.39, 0.29) is 36.3 Å². The fourth-order valence-corrected chi connectivity index (χ4v) is 2.88. The minimum absolute atomic E-state index is 0. The fraction of sp³-hybridized carbons (Fsp3) is 0.435. The van der Waals surface area contributed by atoms with Crippen molar-refractivity contribution in [3.05, 3.63) is 59.7 Å². The maximum Gasteiger partial charge on any atom is 0.225 e. The molecule has 3 unspecified atom stereocenters. The molecule has 5 nitrogen and oxygen atoms in total. The molecule has 0 aliphatic rings. The van der Waals surface area contributed by atoms with E-state index in [0.29, 0.717) is 24.0 Å². The summed E-state index contributed by atoms with van der Waals surface area (Å²) in [5.41, 5.74) is 8.18. The van der Waals surface area contributed by atoms with Crippen molar-refractivity contribution in [2.75, 3.05) is 13.7 Å². The van der Waals surface area contributed by atoms with Crippen molar-refractivity contribution in [1.29, 1.82) is 0 Å². The van der Waals surface area contributed by atoms with Gasteiger partial charge in [0.2, 0.25) is 5.91 Å². The quantitative estimate of drug-likeness (QED) is 0.618. The zero-order valence-electron chi connectivity index (χ0n) is 17.8. The number of amides is 1. The van der Waals surface area contributed by atoms with Crippen molar-refractivity contribution in [2.24, 2.45) is 17.6 Å². The average Bonchev–Trinajstić information content (AvgIpc) is 2.71. The van der Waals surface area contributed by atoms with Gasteiger partial charge in [0, 0.05) is 6.04 Å². The Balaban J connectivity index is 0.00000420. The third kappa shape index (κ3) is 6.94. The molecule has 0 aromatic heterocycles. The minimum Gasteiger partial charge on any atom is -0.493 e. The second-order valence-corrected chi connectivity index (χ2v) is 7.57. The van der Waals surface area contributed by atoms with Crippen molar-refractivity contribution >= 4 is 18.3 Å². The van der Waals surface area contributed by atoms with E-state index < -0.39 is 0 Å². The molecule has 2 rings (SSSR count). The average molecular weight is 421 g/mol. The van der Waals surface area contributed by atoms with E-state index in [1.165, 1.54) is 0 Å². The van der Waals surface area contributed by atoms with Gasteiger partial charge < -0.3 is 20.5 Å². The molecule has 0 radical (unpaired) electrons. The van der Waals surface area contributed by atoms with E-state index in [2.05, 4.69) is 19.2 Å². The van der Waals surface area contributed by atoms with Gasteiger partial charge in [-0.2, -0.15) is 0 Å². The number of carbonyl (C=O) groups is 1. The number of ether oxygens (including phenoxy) is 2. The van der Waals surface area contributed by atoms with Gasteiger partial charge in [-0.3, -0.25) is 4.79 Å². The number of nitrogens with one attached hydrogen (secondary N) is 1. The van der Waals surface area contributed by atoms with Crippen LogP contribution in [-0.2, 0) is 4.79 Å². The summed E-state index contributed by atoms with van der Waals surface area (Å²) in [6.45, 7) is 8.61. The lowest BCUT2D eigenvalue weighted by Crippen LogP contribution is -2.36. The van der Waals surface area contributed by atoms with Gasteiger partial charge in [0.15, 0.2) is 11.5 Å². The van der Waals surface area contributed by atoms with Crippen LogP contribution in [0.3, 0.4) is 0 Å². The number of rotatable bonds is 9. The van der Waals surface area contributed by atoms with E-state index in [1.54, 1.807) is 7.11 Å². The van der Waals surface area contributed by atoms with E-state index in [4.69, 9.17) is 15.2 Å². The van der Waals surface area contributed by atoms with Crippen LogP contribution in [0.5, 0.6) is 11.5 Å². The Morgan fingerprint density at radius 2 is 1.66 bits per heavy atom. The molecule has 6 heteroatoms. The van der Waals surface area contributed by atoms with Crippen molar-refractivity contribution in [2.45, 2.75) is 39.8 Å². The van der Waals surface area contributed by atoms with E-state index in [9.17, 15) is 4.79 Å². The predicted octanol–water partition coefficient (Wildman–Crippen LogP) is 4.67. The second-order valence-electron chi connectivity index (χ2n) is 7.57. The summed E-state index contributed by atoms with van der Waals surface area (Å²) in [7, 11) is 1.62. The number of methoxy groups -OCH3 is 1. The fourth-order valence-electron chi connectivity index (χ4n) is 2.88. The topological polar surface area (TPSA) is 73.6 Å². The zero-order valence-corrected chi connectivity index (χ0v) is 18.7. The maximum absolute atomic E-state index is 12.7. The van der Waals surface area contributed by atoms with Crippen molar-refractivity contribution in [1.82, 2.24) is 5.32 Å². The molecule has 3 N–H and O–H groups in total. The lowest BCUT2D eigenvalue weighted by atomic mass is 9.94. The number of carbonyl (C=O) groups excluding carboxylic acids is 1. The van der Waals surface area contributed by atoms with Gasteiger partial charge in [-0.25, -0.2) is 0 Å². The zero-order chi connectivity index (χ0) is 20.7. The molecule has 3 atom stereocenters. The molecule has 0 heterocycles. The summed E-state index contributed by atoms with van der Waals surface area (Å²) in [5.74, 6) is 1.37. The van der Waals surface area contributed by atoms with Crippen molar-refractivity contribution in [3.8, 4) is 11.5 Å². The van der Waals surface area contributed by atoms with E-state index >= 15 is 0 Å². The lowest BCUT2D eigenvalue weighted by Gasteiger charge is -2.23. The maximum atomic E-state index is 12.7. The van der Waals surface area contributed by atoms with Crippen LogP contribution in [0.25, 0.3) is 0 Å². The Labute approximate surface area is 180 Å². The van der Waals surface area contributed by atoms with Crippen LogP contribution in [0.15, 0.2) is 48.5 Å². The van der Waals surface area contributed by atoms with Crippen LogP contribution in [0, 0.1) is 11.8 Å². The monoisotopic (exact) mass is 420 g/mol. The van der Waals surface area contributed by atoms with Gasteiger partial charge in [0.05, 0.1) is 25.7 Å². The van der Waals surface area contributed by atoms with Crippen LogP contribution < -0.4 is 20.5 Å². The van der Waals surface area contributed by atoms with E-state index in [1.807, 2.05) is 62.4 Å². The largest absolute Gasteiger partial charge is 0.493 e. The van der Waals surface area contributed by atoms with Gasteiger partial charge in [-0.05, 0) is 36.1 Å². The first-order chi connectivity index (χ1) is 13.3. The smallest absolute Gasteiger partial charge is 0.225 e. The summed E-state index contributed by atoms with van der Waals surface area (Å²) in [6.07, 6.45) is 0. The third-order valence-corrected chi connectivity index (χ3v) is 4.76. The highest BCUT2D eigenvalue weighted by Crippen LogP contribution is 2.31. The second kappa shape index (κ2) is 11.7. The Morgan fingerprint density at radius 3 is 2.24 bits per heavy atom. The number of benzene rings is 2. The molecule has 0 saturated heterocycles. The van der Waals surface area contributed by atoms with Gasteiger partial charge >= 0.3 is 0 Å². The molecule has 0 bridgehead atoms. The first-order valence-electron chi connectivity index (χ1n) is 9.75. The normalized spacial score (nSPS) is 13.8. The standard InChI is InChI=1S/C23H32N2O3.ClH/c1-15(2)14-28-20-12-11-19(13-21(20)27-5)17(4)25-23(26)16(3)22(24)18-9-7-6-8-10-18;/h6-13,15-17,22H,14,24H2,1-5H3,(H,25,26);1H. The van der Waals surface area contributed by atoms with Gasteiger partial charge in [-0.1, -0.05) is 57.2 Å². The highest BCUT2D eigenvalue weighted by Gasteiger charge is 2.24. The van der Waals surface area contributed by atoms with Gasteiger partial charge in [-0.15, -0.1) is 12.4 Å². The summed E-state index contributed by atoms with van der Waals surface area (Å²) >= 11 is 0. The summed E-state index contributed by atoms with van der Waals surface area (Å²) < 4.78 is 11.3. The molecule has 0 fully saturated rings. The Bertz CT molecular complexity index is 768. The van der Waals surface area contributed by atoms with Crippen molar-refractivity contribution < 1.29 is 14.3 Å². The molecule has 2 aromatic rings.